The average Bonchev–Trinajstić information content (AvgIpc) is 2.78. The molecule has 0 bridgehead atoms. The fourth-order valence-electron chi connectivity index (χ4n) is 4.62. The van der Waals surface area contributed by atoms with Gasteiger partial charge in [-0.1, -0.05) is 23.7 Å². The molecule has 2 aromatic carbocycles. The monoisotopic (exact) mass is 477 g/mol. The van der Waals surface area contributed by atoms with E-state index in [1.807, 2.05) is 6.07 Å². The van der Waals surface area contributed by atoms with Crippen molar-refractivity contribution in [3.05, 3.63) is 41.4 Å². The zero-order chi connectivity index (χ0) is 22.9. The molecule has 1 saturated heterocycles. The molecule has 2 aromatic rings. The van der Waals surface area contributed by atoms with Crippen molar-refractivity contribution in [1.29, 1.82) is 5.41 Å². The Hall–Kier alpha value is -2.36. The number of fused-ring (bicyclic) bond motifs is 1. The molecule has 0 atom stereocenters. The molecule has 2 aliphatic rings. The largest absolute Gasteiger partial charge is 0.370 e. The van der Waals surface area contributed by atoms with E-state index in [4.69, 9.17) is 22.7 Å². The number of piperazine rings is 1. The topological polar surface area (TPSA) is 120 Å². The first-order chi connectivity index (χ1) is 15.2. The fraction of sp³-hybridized carbons (Fsp3) is 0.455. The molecule has 0 unspecified atom stereocenters. The number of nitrogens with zero attached hydrogens (tertiary/aromatic N) is 2. The van der Waals surface area contributed by atoms with Crippen LogP contribution in [-0.4, -0.2) is 61.7 Å². The Morgan fingerprint density at radius 2 is 1.62 bits per heavy atom. The van der Waals surface area contributed by atoms with Gasteiger partial charge in [-0.3, -0.25) is 10.2 Å². The normalized spacial score (nSPS) is 22.6. The number of guanidine groups is 1. The summed E-state index contributed by atoms with van der Waals surface area (Å²) in [5.41, 5.74) is 5.40. The van der Waals surface area contributed by atoms with E-state index in [0.29, 0.717) is 18.1 Å². The first kappa shape index (κ1) is 22.8. The van der Waals surface area contributed by atoms with E-state index in [0.717, 1.165) is 36.5 Å². The van der Waals surface area contributed by atoms with Crippen molar-refractivity contribution < 1.29 is 13.2 Å². The molecule has 0 aromatic heterocycles. The second-order valence-electron chi connectivity index (χ2n) is 8.49. The minimum Gasteiger partial charge on any atom is -0.370 e. The molecule has 1 saturated carbocycles. The summed E-state index contributed by atoms with van der Waals surface area (Å²) in [6, 6.07) is 10.6. The van der Waals surface area contributed by atoms with Gasteiger partial charge in [-0.05, 0) is 60.7 Å². The smallest absolute Gasteiger partial charge is 0.243 e. The predicted molar refractivity (Wildman–Crippen MR) is 125 cm³/mol. The van der Waals surface area contributed by atoms with Gasteiger partial charge >= 0.3 is 0 Å². The highest BCUT2D eigenvalue weighted by molar-refractivity contribution is 7.89. The average molecular weight is 478 g/mol. The molecule has 4 rings (SSSR count). The Kier molecular flexibility index (Phi) is 6.60. The summed E-state index contributed by atoms with van der Waals surface area (Å²) in [5.74, 6) is 0.0219. The minimum atomic E-state index is -3.63. The van der Waals surface area contributed by atoms with E-state index in [2.05, 4.69) is 5.32 Å². The SMILES string of the molecule is N=C(N)N[C@H]1CC[C@@H](C(=O)N2CCN(S(=O)(=O)c3ccc4cc(Cl)ccc4c3)CC2)CC1. The van der Waals surface area contributed by atoms with Crippen LogP contribution in [0.2, 0.25) is 5.02 Å². The number of hydrogen-bond acceptors (Lipinski definition) is 4. The number of hydrogen-bond donors (Lipinski definition) is 3. The summed E-state index contributed by atoms with van der Waals surface area (Å²) in [5, 5.41) is 12.6. The van der Waals surface area contributed by atoms with Gasteiger partial charge in [0.25, 0.3) is 0 Å². The molecule has 1 aliphatic carbocycles. The van der Waals surface area contributed by atoms with Crippen LogP contribution in [0.15, 0.2) is 41.3 Å². The number of amides is 1. The Morgan fingerprint density at radius 3 is 2.28 bits per heavy atom. The lowest BCUT2D eigenvalue weighted by atomic mass is 9.85. The second-order valence-corrected chi connectivity index (χ2v) is 10.9. The van der Waals surface area contributed by atoms with Crippen molar-refractivity contribution in [3.8, 4) is 0 Å². The second kappa shape index (κ2) is 9.25. The lowest BCUT2D eigenvalue weighted by Gasteiger charge is -2.37. The van der Waals surface area contributed by atoms with Crippen LogP contribution in [0.4, 0.5) is 0 Å². The Morgan fingerprint density at radius 1 is 1.00 bits per heavy atom. The molecule has 0 spiro atoms. The quantitative estimate of drug-likeness (QED) is 0.461. The number of benzene rings is 2. The lowest BCUT2D eigenvalue weighted by molar-refractivity contribution is -0.137. The third kappa shape index (κ3) is 4.84. The Labute approximate surface area is 193 Å². The van der Waals surface area contributed by atoms with Crippen LogP contribution in [0.3, 0.4) is 0 Å². The number of carbonyl (C=O) groups is 1. The van der Waals surface area contributed by atoms with E-state index < -0.39 is 10.0 Å². The predicted octanol–water partition coefficient (Wildman–Crippen LogP) is 2.37. The molecule has 8 nitrogen and oxygen atoms in total. The van der Waals surface area contributed by atoms with Gasteiger partial charge in [0.2, 0.25) is 15.9 Å². The van der Waals surface area contributed by atoms with Crippen LogP contribution in [-0.2, 0) is 14.8 Å². The van der Waals surface area contributed by atoms with E-state index in [-0.39, 0.29) is 41.8 Å². The van der Waals surface area contributed by atoms with Crippen LogP contribution in [0.1, 0.15) is 25.7 Å². The summed E-state index contributed by atoms with van der Waals surface area (Å²) >= 11 is 6.02. The maximum Gasteiger partial charge on any atom is 0.243 e. The van der Waals surface area contributed by atoms with Crippen molar-refractivity contribution in [1.82, 2.24) is 14.5 Å². The number of halogens is 1. The highest BCUT2D eigenvalue weighted by Gasteiger charge is 2.34. The summed E-state index contributed by atoms with van der Waals surface area (Å²) < 4.78 is 27.8. The fourth-order valence-corrected chi connectivity index (χ4v) is 6.25. The van der Waals surface area contributed by atoms with Gasteiger partial charge in [0, 0.05) is 43.2 Å². The van der Waals surface area contributed by atoms with Gasteiger partial charge in [0.15, 0.2) is 5.96 Å². The van der Waals surface area contributed by atoms with Crippen molar-refractivity contribution in [2.75, 3.05) is 26.2 Å². The maximum absolute atomic E-state index is 13.2. The van der Waals surface area contributed by atoms with Gasteiger partial charge in [0.05, 0.1) is 4.90 Å². The number of nitrogens with one attached hydrogen (secondary N) is 2. The van der Waals surface area contributed by atoms with E-state index in [1.54, 1.807) is 35.2 Å². The number of carbonyl (C=O) groups excluding carboxylic acids is 1. The Balaban J connectivity index is 1.36. The van der Waals surface area contributed by atoms with Gasteiger partial charge in [-0.25, -0.2) is 8.42 Å². The zero-order valence-corrected chi connectivity index (χ0v) is 19.3. The lowest BCUT2D eigenvalue weighted by Crippen LogP contribution is -2.52. The van der Waals surface area contributed by atoms with Crippen LogP contribution in [0, 0.1) is 11.3 Å². The van der Waals surface area contributed by atoms with Crippen molar-refractivity contribution >= 4 is 44.3 Å². The molecule has 32 heavy (non-hydrogen) atoms. The van der Waals surface area contributed by atoms with E-state index >= 15 is 0 Å². The van der Waals surface area contributed by atoms with Crippen molar-refractivity contribution in [3.63, 3.8) is 0 Å². The molecule has 1 heterocycles. The van der Waals surface area contributed by atoms with Crippen LogP contribution >= 0.6 is 11.6 Å². The number of sulfonamides is 1. The first-order valence-corrected chi connectivity index (χ1v) is 12.6. The van der Waals surface area contributed by atoms with Crippen LogP contribution < -0.4 is 11.1 Å². The van der Waals surface area contributed by atoms with E-state index in [9.17, 15) is 13.2 Å². The summed E-state index contributed by atoms with van der Waals surface area (Å²) in [6.45, 7) is 1.36. The summed E-state index contributed by atoms with van der Waals surface area (Å²) in [7, 11) is -3.63. The van der Waals surface area contributed by atoms with Gasteiger partial charge in [0.1, 0.15) is 0 Å². The van der Waals surface area contributed by atoms with E-state index in [1.165, 1.54) is 4.31 Å². The van der Waals surface area contributed by atoms with Gasteiger partial charge in [-0.15, -0.1) is 0 Å². The summed E-state index contributed by atoms with van der Waals surface area (Å²) in [4.78, 5) is 15.0. The molecule has 1 amide bonds. The van der Waals surface area contributed by atoms with Crippen molar-refractivity contribution in [2.24, 2.45) is 11.7 Å². The maximum atomic E-state index is 13.2. The molecular weight excluding hydrogens is 450 g/mol. The molecular formula is C22H28ClN5O3S. The highest BCUT2D eigenvalue weighted by atomic mass is 35.5. The number of rotatable bonds is 4. The van der Waals surface area contributed by atoms with Gasteiger partial charge in [-0.2, -0.15) is 4.31 Å². The molecule has 2 fully saturated rings. The summed E-state index contributed by atoms with van der Waals surface area (Å²) in [6.07, 6.45) is 3.11. The standard InChI is InChI=1S/C22H28ClN5O3S/c23-18-5-1-17-14-20(8-4-16(17)13-18)32(30,31)28-11-9-27(10-12-28)21(29)15-2-6-19(7-3-15)26-22(24)25/h1,4-5,8,13-15,19H,2-3,6-7,9-12H2,(H4,24,25,26)/t15-,19+. The number of nitrogens with two attached hydrogens (primary N) is 1. The van der Waals surface area contributed by atoms with Crippen molar-refractivity contribution in [2.45, 2.75) is 36.6 Å². The highest BCUT2D eigenvalue weighted by Crippen LogP contribution is 2.28. The third-order valence-electron chi connectivity index (χ3n) is 6.40. The molecule has 0 radical (unpaired) electrons. The Bertz CT molecular complexity index is 1120. The van der Waals surface area contributed by atoms with Gasteiger partial charge < -0.3 is 16.0 Å². The van der Waals surface area contributed by atoms with Crippen LogP contribution in [0.25, 0.3) is 10.8 Å². The minimum absolute atomic E-state index is 0.0349. The zero-order valence-electron chi connectivity index (χ0n) is 17.8. The first-order valence-electron chi connectivity index (χ1n) is 10.8. The third-order valence-corrected chi connectivity index (χ3v) is 8.53. The molecule has 172 valence electrons. The molecule has 4 N–H and O–H groups in total. The molecule has 1 aliphatic heterocycles. The van der Waals surface area contributed by atoms with Crippen LogP contribution in [0.5, 0.6) is 0 Å². The molecule has 10 heteroatoms.